The van der Waals surface area contributed by atoms with E-state index in [1.54, 1.807) is 27.9 Å². The van der Waals surface area contributed by atoms with E-state index in [1.807, 2.05) is 0 Å². The molecule has 1 fully saturated rings. The third-order valence-corrected chi connectivity index (χ3v) is 7.83. The fourth-order valence-corrected chi connectivity index (χ4v) is 6.29. The predicted molar refractivity (Wildman–Crippen MR) is 111 cm³/mol. The van der Waals surface area contributed by atoms with E-state index in [1.165, 1.54) is 22.2 Å². The first kappa shape index (κ1) is 19.4. The molecule has 3 heterocycles. The van der Waals surface area contributed by atoms with Gasteiger partial charge in [0, 0.05) is 18.5 Å². The number of thiophene rings is 1. The van der Waals surface area contributed by atoms with Gasteiger partial charge in [-0.3, -0.25) is 19.0 Å². The van der Waals surface area contributed by atoms with Crippen LogP contribution in [0.3, 0.4) is 0 Å². The average Bonchev–Trinajstić information content (AvgIpc) is 3.07. The van der Waals surface area contributed by atoms with E-state index in [0.29, 0.717) is 18.1 Å². The van der Waals surface area contributed by atoms with Gasteiger partial charge < -0.3 is 10.6 Å². The first-order valence-electron chi connectivity index (χ1n) is 9.70. The van der Waals surface area contributed by atoms with E-state index in [4.69, 9.17) is 10.7 Å². The minimum Gasteiger partial charge on any atom is -0.368 e. The Kier molecular flexibility index (Phi) is 5.46. The summed E-state index contributed by atoms with van der Waals surface area (Å²) in [7, 11) is 1.71. The Labute approximate surface area is 171 Å². The summed E-state index contributed by atoms with van der Waals surface area (Å²) in [6.45, 7) is 0.552. The molecule has 4 rings (SSSR count). The largest absolute Gasteiger partial charge is 0.368 e. The normalized spacial score (nSPS) is 19.6. The third-order valence-electron chi connectivity index (χ3n) is 5.63. The number of aryl methyl sites for hydroxylation is 2. The number of aromatic nitrogens is 2. The van der Waals surface area contributed by atoms with E-state index < -0.39 is 11.9 Å². The van der Waals surface area contributed by atoms with Gasteiger partial charge in [-0.05, 0) is 50.5 Å². The molecule has 2 N–H and O–H groups in total. The van der Waals surface area contributed by atoms with Crippen LogP contribution in [-0.4, -0.2) is 44.6 Å². The standard InChI is InChI=1S/C19H24N4O3S2/c1-22-18(26)15-11-6-2-3-8-13(11)28-17(15)21-19(22)27-10-14(24)23-9-5-4-7-12(23)16(20)25/h12H,2-10H2,1H3,(H2,20,25)/t12-/m0/s1. The summed E-state index contributed by atoms with van der Waals surface area (Å²) in [6.07, 6.45) is 6.64. The fraction of sp³-hybridized carbons (Fsp3) is 0.579. The van der Waals surface area contributed by atoms with Crippen molar-refractivity contribution in [3.63, 3.8) is 0 Å². The van der Waals surface area contributed by atoms with Crippen molar-refractivity contribution in [1.82, 2.24) is 14.5 Å². The number of piperidine rings is 1. The second kappa shape index (κ2) is 7.87. The number of hydrogen-bond donors (Lipinski definition) is 1. The van der Waals surface area contributed by atoms with E-state index in [0.717, 1.165) is 48.7 Å². The molecule has 0 bridgehead atoms. The number of carbonyl (C=O) groups excluding carboxylic acids is 2. The quantitative estimate of drug-likeness (QED) is 0.601. The zero-order valence-corrected chi connectivity index (χ0v) is 17.5. The smallest absolute Gasteiger partial charge is 0.262 e. The monoisotopic (exact) mass is 420 g/mol. The fourth-order valence-electron chi connectivity index (χ4n) is 4.13. The number of hydrogen-bond acceptors (Lipinski definition) is 6. The number of amides is 2. The molecule has 0 aromatic carbocycles. The van der Waals surface area contributed by atoms with Gasteiger partial charge in [-0.15, -0.1) is 11.3 Å². The molecule has 1 aliphatic carbocycles. The Bertz CT molecular complexity index is 997. The molecule has 0 saturated carbocycles. The molecular weight excluding hydrogens is 396 g/mol. The highest BCUT2D eigenvalue weighted by Crippen LogP contribution is 2.34. The summed E-state index contributed by atoms with van der Waals surface area (Å²) in [5, 5.41) is 1.29. The molecule has 0 unspecified atom stereocenters. The summed E-state index contributed by atoms with van der Waals surface area (Å²) in [5.41, 5.74) is 6.60. The zero-order chi connectivity index (χ0) is 19.8. The molecule has 7 nitrogen and oxygen atoms in total. The second-order valence-electron chi connectivity index (χ2n) is 7.44. The summed E-state index contributed by atoms with van der Waals surface area (Å²) >= 11 is 2.86. The van der Waals surface area contributed by atoms with Crippen LogP contribution in [0, 0.1) is 0 Å². The number of rotatable bonds is 4. The maximum Gasteiger partial charge on any atom is 0.262 e. The lowest BCUT2D eigenvalue weighted by Gasteiger charge is -2.33. The number of nitrogens with two attached hydrogens (primary N) is 1. The molecule has 2 aromatic heterocycles. The van der Waals surface area contributed by atoms with Crippen LogP contribution >= 0.6 is 23.1 Å². The van der Waals surface area contributed by atoms with E-state index in [9.17, 15) is 14.4 Å². The first-order valence-corrected chi connectivity index (χ1v) is 11.5. The van der Waals surface area contributed by atoms with Crippen molar-refractivity contribution in [2.45, 2.75) is 56.1 Å². The van der Waals surface area contributed by atoms with Crippen LogP contribution in [0.25, 0.3) is 10.2 Å². The zero-order valence-electron chi connectivity index (χ0n) is 15.9. The molecule has 1 atom stereocenters. The molecule has 28 heavy (non-hydrogen) atoms. The summed E-state index contributed by atoms with van der Waals surface area (Å²) in [6, 6.07) is -0.523. The highest BCUT2D eigenvalue weighted by Gasteiger charge is 2.30. The number of nitrogens with zero attached hydrogens (tertiary/aromatic N) is 3. The molecule has 1 saturated heterocycles. The molecular formula is C19H24N4O3S2. The van der Waals surface area contributed by atoms with Gasteiger partial charge >= 0.3 is 0 Å². The van der Waals surface area contributed by atoms with Crippen molar-refractivity contribution in [1.29, 1.82) is 0 Å². The molecule has 2 amide bonds. The molecule has 0 spiro atoms. The molecule has 150 valence electrons. The van der Waals surface area contributed by atoms with Crippen LogP contribution in [0.5, 0.6) is 0 Å². The van der Waals surface area contributed by atoms with Gasteiger partial charge in [0.05, 0.1) is 11.1 Å². The highest BCUT2D eigenvalue weighted by atomic mass is 32.2. The number of fused-ring (bicyclic) bond motifs is 3. The van der Waals surface area contributed by atoms with E-state index in [-0.39, 0.29) is 17.2 Å². The lowest BCUT2D eigenvalue weighted by molar-refractivity contribution is -0.138. The van der Waals surface area contributed by atoms with Gasteiger partial charge in [0.1, 0.15) is 10.9 Å². The number of thioether (sulfide) groups is 1. The molecule has 2 aromatic rings. The summed E-state index contributed by atoms with van der Waals surface area (Å²) < 4.78 is 1.55. The average molecular weight is 421 g/mol. The molecule has 0 radical (unpaired) electrons. The van der Waals surface area contributed by atoms with E-state index in [2.05, 4.69) is 0 Å². The molecule has 2 aliphatic rings. The van der Waals surface area contributed by atoms with Gasteiger partial charge in [0.15, 0.2) is 5.16 Å². The van der Waals surface area contributed by atoms with Crippen LogP contribution in [0.15, 0.2) is 9.95 Å². The van der Waals surface area contributed by atoms with Crippen molar-refractivity contribution in [3.8, 4) is 0 Å². The Morgan fingerprint density at radius 1 is 1.25 bits per heavy atom. The number of carbonyl (C=O) groups is 2. The van der Waals surface area contributed by atoms with Gasteiger partial charge in [0.2, 0.25) is 11.8 Å². The Morgan fingerprint density at radius 3 is 2.82 bits per heavy atom. The molecule has 1 aliphatic heterocycles. The van der Waals surface area contributed by atoms with Crippen molar-refractivity contribution >= 4 is 45.1 Å². The third kappa shape index (κ3) is 3.45. The Balaban J connectivity index is 1.56. The van der Waals surface area contributed by atoms with Crippen molar-refractivity contribution in [3.05, 3.63) is 20.8 Å². The topological polar surface area (TPSA) is 98.3 Å². The Hall–Kier alpha value is -1.87. The van der Waals surface area contributed by atoms with Crippen molar-refractivity contribution in [2.24, 2.45) is 12.8 Å². The SMILES string of the molecule is Cn1c(SCC(=O)N2CCCC[C@H]2C(N)=O)nc2sc3c(c2c1=O)CCCC3. The van der Waals surface area contributed by atoms with Gasteiger partial charge in [-0.25, -0.2) is 4.98 Å². The minimum absolute atomic E-state index is 0.0349. The Morgan fingerprint density at radius 2 is 2.04 bits per heavy atom. The maximum atomic E-state index is 12.9. The number of primary amides is 1. The van der Waals surface area contributed by atoms with Gasteiger partial charge in [-0.1, -0.05) is 11.8 Å². The van der Waals surface area contributed by atoms with Crippen LogP contribution < -0.4 is 11.3 Å². The van der Waals surface area contributed by atoms with Crippen LogP contribution in [0.1, 0.15) is 42.5 Å². The second-order valence-corrected chi connectivity index (χ2v) is 9.47. The summed E-state index contributed by atoms with van der Waals surface area (Å²) in [5.74, 6) is -0.441. The number of likely N-dealkylation sites (tertiary alicyclic amines) is 1. The first-order chi connectivity index (χ1) is 13.5. The van der Waals surface area contributed by atoms with Crippen molar-refractivity contribution < 1.29 is 9.59 Å². The van der Waals surface area contributed by atoms with Crippen LogP contribution in [0.4, 0.5) is 0 Å². The van der Waals surface area contributed by atoms with Gasteiger partial charge in [0.25, 0.3) is 5.56 Å². The highest BCUT2D eigenvalue weighted by molar-refractivity contribution is 7.99. The maximum absolute atomic E-state index is 12.9. The van der Waals surface area contributed by atoms with E-state index >= 15 is 0 Å². The lowest BCUT2D eigenvalue weighted by Crippen LogP contribution is -2.51. The van der Waals surface area contributed by atoms with Gasteiger partial charge in [-0.2, -0.15) is 0 Å². The predicted octanol–water partition coefficient (Wildman–Crippen LogP) is 1.83. The van der Waals surface area contributed by atoms with Crippen LogP contribution in [0.2, 0.25) is 0 Å². The summed E-state index contributed by atoms with van der Waals surface area (Å²) in [4.78, 5) is 45.6. The minimum atomic E-state index is -0.523. The molecule has 9 heteroatoms. The van der Waals surface area contributed by atoms with Crippen molar-refractivity contribution in [2.75, 3.05) is 12.3 Å². The lowest BCUT2D eigenvalue weighted by atomic mass is 9.97. The van der Waals surface area contributed by atoms with Crippen LogP contribution in [-0.2, 0) is 29.5 Å².